The molecule has 3 rings (SSSR count). The van der Waals surface area contributed by atoms with E-state index in [0.717, 1.165) is 5.56 Å². The molecule has 140 valence electrons. The number of hydrogen-bond acceptors (Lipinski definition) is 3. The molecule has 7 heteroatoms. The zero-order chi connectivity index (χ0) is 17.6. The molecule has 0 aromatic heterocycles. The second-order valence-electron chi connectivity index (χ2n) is 5.89. The van der Waals surface area contributed by atoms with Crippen molar-refractivity contribution < 1.29 is 18.3 Å². The normalized spacial score (nSPS) is 16.7. The second kappa shape index (κ2) is 9.50. The van der Waals surface area contributed by atoms with Crippen LogP contribution in [0.1, 0.15) is 18.0 Å². The summed E-state index contributed by atoms with van der Waals surface area (Å²) in [5, 5.41) is 3.23. The Labute approximate surface area is 157 Å². The minimum absolute atomic E-state index is 0. The Morgan fingerprint density at radius 1 is 1.19 bits per heavy atom. The van der Waals surface area contributed by atoms with Crippen LogP contribution in [0.25, 0.3) is 0 Å². The maximum Gasteiger partial charge on any atom is 0.226 e. The third-order valence-electron chi connectivity index (χ3n) is 4.21. The molecule has 0 bridgehead atoms. The summed E-state index contributed by atoms with van der Waals surface area (Å²) in [6.45, 7) is 1.90. The summed E-state index contributed by atoms with van der Waals surface area (Å²) < 4.78 is 32.4. The number of halogens is 3. The minimum atomic E-state index is -0.449. The van der Waals surface area contributed by atoms with Gasteiger partial charge in [-0.05, 0) is 29.8 Å². The van der Waals surface area contributed by atoms with E-state index in [0.29, 0.717) is 19.6 Å². The molecule has 1 amide bonds. The summed E-state index contributed by atoms with van der Waals surface area (Å²) in [5.74, 6) is -0.725. The molecule has 1 unspecified atom stereocenters. The van der Waals surface area contributed by atoms with E-state index in [1.807, 2.05) is 6.07 Å². The number of carbonyl (C=O) groups is 1. The van der Waals surface area contributed by atoms with Crippen molar-refractivity contribution in [1.29, 1.82) is 0 Å². The largest absolute Gasteiger partial charge is 0.490 e. The molecule has 2 aromatic carbocycles. The Morgan fingerprint density at radius 2 is 2.00 bits per heavy atom. The number of rotatable bonds is 5. The van der Waals surface area contributed by atoms with Gasteiger partial charge in [0.2, 0.25) is 5.91 Å². The second-order valence-corrected chi connectivity index (χ2v) is 5.89. The molecular weight excluding hydrogens is 362 g/mol. The highest BCUT2D eigenvalue weighted by molar-refractivity contribution is 5.85. The lowest BCUT2D eigenvalue weighted by Gasteiger charge is -2.36. The predicted molar refractivity (Wildman–Crippen MR) is 97.5 cm³/mol. The Morgan fingerprint density at radius 3 is 2.77 bits per heavy atom. The summed E-state index contributed by atoms with van der Waals surface area (Å²) in [4.78, 5) is 14.3. The van der Waals surface area contributed by atoms with E-state index < -0.39 is 5.82 Å². The number of nitrogens with one attached hydrogen (secondary N) is 1. The fourth-order valence-electron chi connectivity index (χ4n) is 2.97. The van der Waals surface area contributed by atoms with Crippen LogP contribution in [0.5, 0.6) is 5.75 Å². The number of benzene rings is 2. The minimum Gasteiger partial charge on any atom is -0.490 e. The van der Waals surface area contributed by atoms with Crippen molar-refractivity contribution in [2.45, 2.75) is 12.5 Å². The predicted octanol–water partition coefficient (Wildman–Crippen LogP) is 3.33. The summed E-state index contributed by atoms with van der Waals surface area (Å²) in [6, 6.07) is 12.2. The highest BCUT2D eigenvalue weighted by atomic mass is 35.5. The molecule has 26 heavy (non-hydrogen) atoms. The number of para-hydroxylation sites is 1. The SMILES string of the molecule is Cl.O=C(CCOc1ccccc1F)N1CCNCC1c1cccc(F)c1. The molecule has 0 saturated carbocycles. The first-order valence-corrected chi connectivity index (χ1v) is 8.28. The fraction of sp³-hybridized carbons (Fsp3) is 0.316. The lowest BCUT2D eigenvalue weighted by atomic mass is 10.0. The van der Waals surface area contributed by atoms with Crippen molar-refractivity contribution in [2.24, 2.45) is 0 Å². The quantitative estimate of drug-likeness (QED) is 0.862. The van der Waals surface area contributed by atoms with Gasteiger partial charge in [0.25, 0.3) is 0 Å². The Kier molecular flexibility index (Phi) is 7.36. The van der Waals surface area contributed by atoms with Crippen molar-refractivity contribution in [3.63, 3.8) is 0 Å². The van der Waals surface area contributed by atoms with E-state index in [1.54, 1.807) is 23.1 Å². The number of nitrogens with zero attached hydrogens (tertiary/aromatic N) is 1. The van der Waals surface area contributed by atoms with Crippen molar-refractivity contribution >= 4 is 18.3 Å². The molecule has 1 aliphatic rings. The number of carbonyl (C=O) groups excluding carboxylic acids is 1. The lowest BCUT2D eigenvalue weighted by Crippen LogP contribution is -2.49. The molecule has 1 aliphatic heterocycles. The smallest absolute Gasteiger partial charge is 0.226 e. The van der Waals surface area contributed by atoms with Gasteiger partial charge in [0.05, 0.1) is 19.1 Å². The monoisotopic (exact) mass is 382 g/mol. The summed E-state index contributed by atoms with van der Waals surface area (Å²) in [7, 11) is 0. The molecule has 0 spiro atoms. The van der Waals surface area contributed by atoms with Gasteiger partial charge in [-0.1, -0.05) is 24.3 Å². The standard InChI is InChI=1S/C19H20F2N2O2.ClH/c20-15-5-3-4-14(12-15)17-13-22-9-10-23(17)19(24)8-11-25-18-7-2-1-6-16(18)21;/h1-7,12,17,22H,8-11,13H2;1H. The molecule has 1 heterocycles. The van der Waals surface area contributed by atoms with Crippen LogP contribution in [0, 0.1) is 11.6 Å². The van der Waals surface area contributed by atoms with Crippen LogP contribution in [-0.2, 0) is 4.79 Å². The lowest BCUT2D eigenvalue weighted by molar-refractivity contribution is -0.135. The van der Waals surface area contributed by atoms with Gasteiger partial charge in [0.15, 0.2) is 11.6 Å². The van der Waals surface area contributed by atoms with Crippen LogP contribution in [0.3, 0.4) is 0 Å². The molecule has 1 atom stereocenters. The fourth-order valence-corrected chi connectivity index (χ4v) is 2.97. The molecule has 1 fully saturated rings. The molecule has 1 saturated heterocycles. The molecule has 1 N–H and O–H groups in total. The Hall–Kier alpha value is -2.18. The van der Waals surface area contributed by atoms with Gasteiger partial charge in [-0.25, -0.2) is 8.78 Å². The number of amides is 1. The van der Waals surface area contributed by atoms with Gasteiger partial charge in [-0.2, -0.15) is 0 Å². The number of piperazine rings is 1. The molecule has 2 aromatic rings. The van der Waals surface area contributed by atoms with Gasteiger partial charge in [-0.3, -0.25) is 4.79 Å². The van der Waals surface area contributed by atoms with E-state index in [2.05, 4.69) is 5.32 Å². The summed E-state index contributed by atoms with van der Waals surface area (Å²) in [5.41, 5.74) is 0.760. The van der Waals surface area contributed by atoms with Gasteiger partial charge < -0.3 is 15.0 Å². The maximum atomic E-state index is 13.5. The van der Waals surface area contributed by atoms with Crippen LogP contribution in [0.2, 0.25) is 0 Å². The third kappa shape index (κ3) is 4.93. The Balaban J connectivity index is 0.00000243. The van der Waals surface area contributed by atoms with E-state index in [9.17, 15) is 13.6 Å². The highest BCUT2D eigenvalue weighted by Gasteiger charge is 2.27. The van der Waals surface area contributed by atoms with Crippen LogP contribution in [0.4, 0.5) is 8.78 Å². The van der Waals surface area contributed by atoms with Gasteiger partial charge in [0.1, 0.15) is 5.82 Å². The zero-order valence-corrected chi connectivity index (χ0v) is 15.0. The van der Waals surface area contributed by atoms with Crippen LogP contribution in [-0.4, -0.2) is 37.0 Å². The van der Waals surface area contributed by atoms with Crippen LogP contribution >= 0.6 is 12.4 Å². The topological polar surface area (TPSA) is 41.6 Å². The van der Waals surface area contributed by atoms with E-state index >= 15 is 0 Å². The molecule has 0 radical (unpaired) electrons. The number of hydrogen-bond donors (Lipinski definition) is 1. The van der Waals surface area contributed by atoms with Gasteiger partial charge in [-0.15, -0.1) is 12.4 Å². The van der Waals surface area contributed by atoms with Crippen molar-refractivity contribution in [3.8, 4) is 5.75 Å². The Bertz CT molecular complexity index is 745. The maximum absolute atomic E-state index is 13.5. The highest BCUT2D eigenvalue weighted by Crippen LogP contribution is 2.24. The first-order chi connectivity index (χ1) is 12.1. The van der Waals surface area contributed by atoms with E-state index in [4.69, 9.17) is 4.74 Å². The first kappa shape index (κ1) is 20.1. The summed E-state index contributed by atoms with van der Waals surface area (Å²) in [6.07, 6.45) is 0.139. The van der Waals surface area contributed by atoms with E-state index in [1.165, 1.54) is 24.3 Å². The first-order valence-electron chi connectivity index (χ1n) is 8.28. The van der Waals surface area contributed by atoms with Crippen molar-refractivity contribution in [3.05, 3.63) is 65.7 Å². The molecule has 0 aliphatic carbocycles. The third-order valence-corrected chi connectivity index (χ3v) is 4.21. The average molecular weight is 383 g/mol. The van der Waals surface area contributed by atoms with Crippen molar-refractivity contribution in [2.75, 3.05) is 26.2 Å². The molecule has 4 nitrogen and oxygen atoms in total. The van der Waals surface area contributed by atoms with Crippen LogP contribution in [0.15, 0.2) is 48.5 Å². The van der Waals surface area contributed by atoms with Crippen LogP contribution < -0.4 is 10.1 Å². The van der Waals surface area contributed by atoms with Gasteiger partial charge in [0, 0.05) is 19.6 Å². The average Bonchev–Trinajstić information content (AvgIpc) is 2.63. The number of ether oxygens (including phenoxy) is 1. The van der Waals surface area contributed by atoms with Crippen molar-refractivity contribution in [1.82, 2.24) is 10.2 Å². The molecular formula is C19H21ClF2N2O2. The summed E-state index contributed by atoms with van der Waals surface area (Å²) >= 11 is 0. The zero-order valence-electron chi connectivity index (χ0n) is 14.2. The van der Waals surface area contributed by atoms with E-state index in [-0.39, 0.29) is 49.0 Å². The van der Waals surface area contributed by atoms with Gasteiger partial charge >= 0.3 is 0 Å².